The molecular weight excluding hydrogens is 370 g/mol. The van der Waals surface area contributed by atoms with Crippen LogP contribution < -0.4 is 10.9 Å². The molecule has 7 heteroatoms. The van der Waals surface area contributed by atoms with E-state index in [1.807, 2.05) is 19.2 Å². The minimum Gasteiger partial charge on any atom is -0.379 e. The Morgan fingerprint density at radius 2 is 2.08 bits per heavy atom. The molecule has 0 atom stereocenters. The predicted octanol–water partition coefficient (Wildman–Crippen LogP) is 2.71. The molecule has 2 aromatic heterocycles. The van der Waals surface area contributed by atoms with Crippen LogP contribution in [-0.4, -0.2) is 19.3 Å². The molecule has 1 N–H and O–H groups in total. The second-order valence-corrected chi connectivity index (χ2v) is 6.37. The second-order valence-electron chi connectivity index (χ2n) is 5.58. The molecule has 0 aliphatic heterocycles. The molecule has 0 aliphatic rings. The zero-order valence-electron chi connectivity index (χ0n) is 13.5. The summed E-state index contributed by atoms with van der Waals surface area (Å²) in [6.45, 7) is 3.40. The summed E-state index contributed by atoms with van der Waals surface area (Å²) in [6.07, 6.45) is 5.42. The number of nitrogens with one attached hydrogen (secondary N) is 1. The van der Waals surface area contributed by atoms with Gasteiger partial charge < -0.3 is 9.88 Å². The quantitative estimate of drug-likeness (QED) is 0.730. The highest BCUT2D eigenvalue weighted by atomic mass is 79.9. The van der Waals surface area contributed by atoms with E-state index in [2.05, 4.69) is 54.1 Å². The molecule has 3 aromatic rings. The Kier molecular flexibility index (Phi) is 4.80. The maximum Gasteiger partial charge on any atom is 0.282 e. The van der Waals surface area contributed by atoms with E-state index >= 15 is 0 Å². The van der Waals surface area contributed by atoms with Crippen molar-refractivity contribution in [3.05, 3.63) is 74.6 Å². The fourth-order valence-corrected chi connectivity index (χ4v) is 2.94. The average molecular weight is 388 g/mol. The van der Waals surface area contributed by atoms with E-state index in [0.717, 1.165) is 17.9 Å². The molecule has 124 valence electrons. The highest BCUT2D eigenvalue weighted by Gasteiger charge is 2.07. The molecule has 0 spiro atoms. The molecule has 0 unspecified atom stereocenters. The lowest BCUT2D eigenvalue weighted by molar-refractivity contribution is 0.703. The van der Waals surface area contributed by atoms with Crippen LogP contribution in [0.2, 0.25) is 0 Å². The summed E-state index contributed by atoms with van der Waals surface area (Å²) in [6, 6.07) is 8.34. The Morgan fingerprint density at radius 3 is 2.83 bits per heavy atom. The number of hydrogen-bond acceptors (Lipinski definition) is 4. The lowest BCUT2D eigenvalue weighted by Gasteiger charge is -2.11. The molecule has 0 amide bonds. The molecule has 6 nitrogen and oxygen atoms in total. The SMILES string of the molecule is Cc1nccn1Cc1cccc(CNc2cnn(C)c(=O)c2Br)c1. The van der Waals surface area contributed by atoms with Crippen molar-refractivity contribution in [3.63, 3.8) is 0 Å². The number of halogens is 1. The largest absolute Gasteiger partial charge is 0.379 e. The number of imidazole rings is 1. The van der Waals surface area contributed by atoms with Gasteiger partial charge in [0.2, 0.25) is 0 Å². The molecule has 0 aliphatic carbocycles. The van der Waals surface area contributed by atoms with Crippen LogP contribution in [0.5, 0.6) is 0 Å². The summed E-state index contributed by atoms with van der Waals surface area (Å²) in [5, 5.41) is 7.28. The number of benzene rings is 1. The Labute approximate surface area is 148 Å². The van der Waals surface area contributed by atoms with Gasteiger partial charge >= 0.3 is 0 Å². The molecule has 3 rings (SSSR count). The van der Waals surface area contributed by atoms with Gasteiger partial charge in [-0.3, -0.25) is 4.79 Å². The van der Waals surface area contributed by atoms with Gasteiger partial charge in [-0.25, -0.2) is 9.67 Å². The summed E-state index contributed by atoms with van der Waals surface area (Å²) in [5.74, 6) is 0.994. The molecule has 0 bridgehead atoms. The zero-order valence-corrected chi connectivity index (χ0v) is 15.1. The first-order valence-electron chi connectivity index (χ1n) is 7.56. The Bertz CT molecular complexity index is 915. The number of rotatable bonds is 5. The highest BCUT2D eigenvalue weighted by Crippen LogP contribution is 2.17. The molecule has 0 radical (unpaired) electrons. The van der Waals surface area contributed by atoms with Gasteiger partial charge in [0.05, 0.1) is 11.9 Å². The molecule has 1 aromatic carbocycles. The summed E-state index contributed by atoms with van der Waals surface area (Å²) in [4.78, 5) is 16.1. The predicted molar refractivity (Wildman–Crippen MR) is 97.0 cm³/mol. The fraction of sp³-hybridized carbons (Fsp3) is 0.235. The number of aryl methyl sites for hydroxylation is 2. The van der Waals surface area contributed by atoms with Crippen LogP contribution >= 0.6 is 15.9 Å². The van der Waals surface area contributed by atoms with Crippen molar-refractivity contribution >= 4 is 21.6 Å². The third-order valence-electron chi connectivity index (χ3n) is 3.83. The van der Waals surface area contributed by atoms with Crippen LogP contribution in [0.3, 0.4) is 0 Å². The highest BCUT2D eigenvalue weighted by molar-refractivity contribution is 9.10. The van der Waals surface area contributed by atoms with Gasteiger partial charge in [-0.1, -0.05) is 24.3 Å². The summed E-state index contributed by atoms with van der Waals surface area (Å²) >= 11 is 3.32. The van der Waals surface area contributed by atoms with Crippen molar-refractivity contribution in [2.75, 3.05) is 5.32 Å². The average Bonchev–Trinajstić information content (AvgIpc) is 2.97. The zero-order chi connectivity index (χ0) is 17.1. The van der Waals surface area contributed by atoms with Crippen LogP contribution in [0.1, 0.15) is 17.0 Å². The number of nitrogens with zero attached hydrogens (tertiary/aromatic N) is 4. The first kappa shape index (κ1) is 16.4. The van der Waals surface area contributed by atoms with E-state index in [1.54, 1.807) is 19.4 Å². The third-order valence-corrected chi connectivity index (χ3v) is 4.60. The number of anilines is 1. The van der Waals surface area contributed by atoms with Gasteiger partial charge in [-0.05, 0) is 34.0 Å². The Balaban J connectivity index is 1.72. The van der Waals surface area contributed by atoms with E-state index < -0.39 is 0 Å². The van der Waals surface area contributed by atoms with Crippen molar-refractivity contribution in [1.29, 1.82) is 0 Å². The van der Waals surface area contributed by atoms with Gasteiger partial charge in [-0.2, -0.15) is 5.10 Å². The summed E-state index contributed by atoms with van der Waals surface area (Å²) in [5.41, 5.74) is 2.87. The normalized spacial score (nSPS) is 10.8. The van der Waals surface area contributed by atoms with E-state index in [9.17, 15) is 4.79 Å². The van der Waals surface area contributed by atoms with Gasteiger partial charge in [0.15, 0.2) is 0 Å². The van der Waals surface area contributed by atoms with Crippen LogP contribution in [-0.2, 0) is 20.1 Å². The van der Waals surface area contributed by atoms with Crippen LogP contribution in [0.15, 0.2) is 52.1 Å². The monoisotopic (exact) mass is 387 g/mol. The van der Waals surface area contributed by atoms with E-state index in [4.69, 9.17) is 0 Å². The van der Waals surface area contributed by atoms with Crippen LogP contribution in [0, 0.1) is 6.92 Å². The van der Waals surface area contributed by atoms with E-state index in [-0.39, 0.29) is 5.56 Å². The first-order valence-corrected chi connectivity index (χ1v) is 8.35. The number of hydrogen-bond donors (Lipinski definition) is 1. The van der Waals surface area contributed by atoms with Gasteiger partial charge in [0.1, 0.15) is 10.3 Å². The van der Waals surface area contributed by atoms with Crippen molar-refractivity contribution < 1.29 is 0 Å². The van der Waals surface area contributed by atoms with Crippen molar-refractivity contribution in [2.45, 2.75) is 20.0 Å². The third kappa shape index (κ3) is 3.56. The van der Waals surface area contributed by atoms with Crippen molar-refractivity contribution in [2.24, 2.45) is 7.05 Å². The van der Waals surface area contributed by atoms with E-state index in [1.165, 1.54) is 10.2 Å². The summed E-state index contributed by atoms with van der Waals surface area (Å²) < 4.78 is 3.89. The molecule has 2 heterocycles. The maximum absolute atomic E-state index is 11.9. The second kappa shape index (κ2) is 7.00. The fourth-order valence-electron chi connectivity index (χ4n) is 2.44. The first-order chi connectivity index (χ1) is 11.5. The molecular formula is C17H18BrN5O. The summed E-state index contributed by atoms with van der Waals surface area (Å²) in [7, 11) is 1.62. The standard InChI is InChI=1S/C17H18BrN5O/c1-12-19-6-7-23(12)11-14-5-3-4-13(8-14)9-20-15-10-21-22(2)17(24)16(15)18/h3-8,10,20H,9,11H2,1-2H3. The minimum atomic E-state index is -0.163. The van der Waals surface area contributed by atoms with Crippen LogP contribution in [0.4, 0.5) is 5.69 Å². The van der Waals surface area contributed by atoms with Crippen LogP contribution in [0.25, 0.3) is 0 Å². The van der Waals surface area contributed by atoms with Gasteiger partial charge in [0.25, 0.3) is 5.56 Å². The molecule has 24 heavy (non-hydrogen) atoms. The minimum absolute atomic E-state index is 0.163. The van der Waals surface area contributed by atoms with Crippen molar-refractivity contribution in [3.8, 4) is 0 Å². The molecule has 0 saturated carbocycles. The smallest absolute Gasteiger partial charge is 0.282 e. The molecule has 0 saturated heterocycles. The Hall–Kier alpha value is -2.41. The van der Waals surface area contributed by atoms with Crippen molar-refractivity contribution in [1.82, 2.24) is 19.3 Å². The number of aromatic nitrogens is 4. The maximum atomic E-state index is 11.9. The van der Waals surface area contributed by atoms with Gasteiger partial charge in [-0.15, -0.1) is 0 Å². The molecule has 0 fully saturated rings. The lowest BCUT2D eigenvalue weighted by atomic mass is 10.1. The Morgan fingerprint density at radius 1 is 1.29 bits per heavy atom. The van der Waals surface area contributed by atoms with Gasteiger partial charge in [0, 0.05) is 32.5 Å². The topological polar surface area (TPSA) is 64.7 Å². The van der Waals surface area contributed by atoms with E-state index in [0.29, 0.717) is 16.7 Å². The lowest BCUT2D eigenvalue weighted by Crippen LogP contribution is -2.21.